The van der Waals surface area contributed by atoms with Crippen LogP contribution in [0, 0.1) is 10.1 Å². The molecule has 0 radical (unpaired) electrons. The molecule has 0 fully saturated rings. The van der Waals surface area contributed by atoms with Crippen LogP contribution >= 0.6 is 0 Å². The number of nitrogens with one attached hydrogen (secondary N) is 2. The fourth-order valence-electron chi connectivity index (χ4n) is 2.43. The second-order valence-corrected chi connectivity index (χ2v) is 5.84. The van der Waals surface area contributed by atoms with Crippen LogP contribution in [0.2, 0.25) is 0 Å². The van der Waals surface area contributed by atoms with Crippen molar-refractivity contribution in [2.45, 2.75) is 6.54 Å². The first-order valence-electron chi connectivity index (χ1n) is 8.20. The molecule has 0 aliphatic carbocycles. The Balaban J connectivity index is 1.59. The lowest BCUT2D eigenvalue weighted by molar-refractivity contribution is -0.383. The molecule has 0 aliphatic rings. The van der Waals surface area contributed by atoms with Crippen LogP contribution < -0.4 is 16.4 Å². The van der Waals surface area contributed by atoms with Gasteiger partial charge in [-0.2, -0.15) is 0 Å². The number of carbonyl (C=O) groups is 2. The third-order valence-corrected chi connectivity index (χ3v) is 3.90. The van der Waals surface area contributed by atoms with Crippen molar-refractivity contribution in [3.8, 4) is 0 Å². The van der Waals surface area contributed by atoms with E-state index in [1.54, 1.807) is 36.4 Å². The van der Waals surface area contributed by atoms with E-state index in [9.17, 15) is 19.7 Å². The number of nitro benzene ring substituents is 1. The smallest absolute Gasteiger partial charge is 0.292 e. The number of anilines is 2. The van der Waals surface area contributed by atoms with Crippen molar-refractivity contribution < 1.29 is 18.9 Å². The number of amides is 2. The zero-order chi connectivity index (χ0) is 20.1. The number of carbonyl (C=O) groups excluding carboxylic acids is 2. The number of nitro groups is 1. The molecule has 0 aliphatic heterocycles. The lowest BCUT2D eigenvalue weighted by Crippen LogP contribution is -2.23. The van der Waals surface area contributed by atoms with Gasteiger partial charge < -0.3 is 20.8 Å². The Morgan fingerprint density at radius 1 is 1.07 bits per heavy atom. The normalized spacial score (nSPS) is 10.3. The molecule has 0 saturated carbocycles. The van der Waals surface area contributed by atoms with Crippen LogP contribution in [0.5, 0.6) is 0 Å². The van der Waals surface area contributed by atoms with Crippen LogP contribution in [0.3, 0.4) is 0 Å². The number of nitrogens with two attached hydrogens (primary N) is 1. The molecular weight excluding hydrogens is 364 g/mol. The van der Waals surface area contributed by atoms with Gasteiger partial charge in [-0.1, -0.05) is 12.1 Å². The fraction of sp³-hybridized carbons (Fsp3) is 0.0526. The highest BCUT2D eigenvalue weighted by Gasteiger charge is 2.15. The molecule has 0 unspecified atom stereocenters. The lowest BCUT2D eigenvalue weighted by Gasteiger charge is -2.08. The first-order chi connectivity index (χ1) is 13.4. The molecule has 28 heavy (non-hydrogen) atoms. The summed E-state index contributed by atoms with van der Waals surface area (Å²) in [7, 11) is 0. The number of furan rings is 1. The molecule has 0 saturated heterocycles. The molecule has 3 aromatic rings. The number of hydrogen-bond acceptors (Lipinski definition) is 6. The van der Waals surface area contributed by atoms with E-state index in [0.717, 1.165) is 11.6 Å². The van der Waals surface area contributed by atoms with Crippen LogP contribution in [-0.4, -0.2) is 16.7 Å². The number of nitrogens with zero attached hydrogens (tertiary/aromatic N) is 1. The molecule has 4 N–H and O–H groups in total. The Morgan fingerprint density at radius 2 is 1.82 bits per heavy atom. The monoisotopic (exact) mass is 380 g/mol. The van der Waals surface area contributed by atoms with Crippen LogP contribution in [0.1, 0.15) is 26.5 Å². The number of rotatable bonds is 6. The van der Waals surface area contributed by atoms with Gasteiger partial charge in [0, 0.05) is 23.9 Å². The molecule has 2 amide bonds. The third kappa shape index (κ3) is 4.33. The maximum atomic E-state index is 12.2. The van der Waals surface area contributed by atoms with Gasteiger partial charge in [-0.25, -0.2) is 0 Å². The summed E-state index contributed by atoms with van der Waals surface area (Å²) in [4.78, 5) is 34.4. The van der Waals surface area contributed by atoms with E-state index in [-0.39, 0.29) is 35.2 Å². The Hall–Kier alpha value is -4.14. The summed E-state index contributed by atoms with van der Waals surface area (Å²) in [6.45, 7) is 0.212. The summed E-state index contributed by atoms with van der Waals surface area (Å²) in [6, 6.07) is 13.9. The van der Waals surface area contributed by atoms with E-state index < -0.39 is 10.8 Å². The summed E-state index contributed by atoms with van der Waals surface area (Å²) in [6.07, 6.45) is 1.41. The number of nitrogen functional groups attached to an aromatic ring is 1. The van der Waals surface area contributed by atoms with Crippen molar-refractivity contribution in [3.05, 3.63) is 87.9 Å². The van der Waals surface area contributed by atoms with Gasteiger partial charge in [0.25, 0.3) is 17.5 Å². The molecule has 2 aromatic carbocycles. The SMILES string of the molecule is Nc1ccc(C(=O)NCc2ccc(NC(=O)c3ccco3)cc2)cc1[N+](=O)[O-]. The largest absolute Gasteiger partial charge is 0.459 e. The van der Waals surface area contributed by atoms with Gasteiger partial charge in [-0.05, 0) is 42.0 Å². The van der Waals surface area contributed by atoms with Gasteiger partial charge in [0.2, 0.25) is 0 Å². The summed E-state index contributed by atoms with van der Waals surface area (Å²) < 4.78 is 5.02. The summed E-state index contributed by atoms with van der Waals surface area (Å²) in [5.74, 6) is -0.622. The predicted molar refractivity (Wildman–Crippen MR) is 102 cm³/mol. The standard InChI is InChI=1S/C19H16N4O5/c20-15-8-5-13(10-16(15)23(26)27)18(24)21-11-12-3-6-14(7-4-12)22-19(25)17-2-1-9-28-17/h1-10H,11,20H2,(H,21,24)(H,22,25). The van der Waals surface area contributed by atoms with E-state index in [1.165, 1.54) is 18.4 Å². The minimum atomic E-state index is -0.637. The molecule has 9 nitrogen and oxygen atoms in total. The quantitative estimate of drug-likeness (QED) is 0.341. The second-order valence-electron chi connectivity index (χ2n) is 5.84. The second kappa shape index (κ2) is 8.04. The highest BCUT2D eigenvalue weighted by atomic mass is 16.6. The minimum Gasteiger partial charge on any atom is -0.459 e. The molecule has 0 atom stereocenters. The highest BCUT2D eigenvalue weighted by molar-refractivity contribution is 6.02. The minimum absolute atomic E-state index is 0.00580. The van der Waals surface area contributed by atoms with Crippen LogP contribution in [0.25, 0.3) is 0 Å². The molecule has 3 rings (SSSR count). The predicted octanol–water partition coefficient (Wildman–Crippen LogP) is 2.95. The average Bonchev–Trinajstić information content (AvgIpc) is 3.22. The zero-order valence-electron chi connectivity index (χ0n) is 14.5. The average molecular weight is 380 g/mol. The van der Waals surface area contributed by atoms with Gasteiger partial charge in [-0.15, -0.1) is 0 Å². The van der Waals surface area contributed by atoms with Gasteiger partial charge in [0.1, 0.15) is 5.69 Å². The highest BCUT2D eigenvalue weighted by Crippen LogP contribution is 2.22. The van der Waals surface area contributed by atoms with Crippen molar-refractivity contribution in [2.75, 3.05) is 11.1 Å². The Labute approximate surface area is 159 Å². The van der Waals surface area contributed by atoms with E-state index in [0.29, 0.717) is 5.69 Å². The maximum Gasteiger partial charge on any atom is 0.292 e. The van der Waals surface area contributed by atoms with Crippen molar-refractivity contribution in [2.24, 2.45) is 0 Å². The molecular formula is C19H16N4O5. The zero-order valence-corrected chi connectivity index (χ0v) is 14.5. The molecule has 142 valence electrons. The topological polar surface area (TPSA) is 140 Å². The van der Waals surface area contributed by atoms with Crippen LogP contribution in [0.4, 0.5) is 17.1 Å². The van der Waals surface area contributed by atoms with Gasteiger partial charge >= 0.3 is 0 Å². The molecule has 9 heteroatoms. The van der Waals surface area contributed by atoms with Crippen molar-refractivity contribution in [3.63, 3.8) is 0 Å². The summed E-state index contributed by atoms with van der Waals surface area (Å²) >= 11 is 0. The number of benzene rings is 2. The van der Waals surface area contributed by atoms with Crippen molar-refractivity contribution in [1.29, 1.82) is 0 Å². The molecule has 1 heterocycles. The van der Waals surface area contributed by atoms with Crippen LogP contribution in [0.15, 0.2) is 65.3 Å². The van der Waals surface area contributed by atoms with E-state index in [2.05, 4.69) is 10.6 Å². The van der Waals surface area contributed by atoms with E-state index in [1.807, 2.05) is 0 Å². The fourth-order valence-corrected chi connectivity index (χ4v) is 2.43. The first kappa shape index (κ1) is 18.6. The van der Waals surface area contributed by atoms with Gasteiger partial charge in [0.15, 0.2) is 5.76 Å². The Morgan fingerprint density at radius 3 is 2.46 bits per heavy atom. The van der Waals surface area contributed by atoms with Gasteiger partial charge in [-0.3, -0.25) is 19.7 Å². The van der Waals surface area contributed by atoms with Crippen molar-refractivity contribution in [1.82, 2.24) is 5.32 Å². The maximum absolute atomic E-state index is 12.2. The van der Waals surface area contributed by atoms with Crippen LogP contribution in [-0.2, 0) is 6.54 Å². The molecule has 1 aromatic heterocycles. The first-order valence-corrected chi connectivity index (χ1v) is 8.20. The molecule has 0 bridgehead atoms. The molecule has 0 spiro atoms. The van der Waals surface area contributed by atoms with E-state index >= 15 is 0 Å². The Kier molecular flexibility index (Phi) is 5.35. The lowest BCUT2D eigenvalue weighted by atomic mass is 10.1. The third-order valence-electron chi connectivity index (χ3n) is 3.90. The van der Waals surface area contributed by atoms with Crippen molar-refractivity contribution >= 4 is 28.9 Å². The van der Waals surface area contributed by atoms with Gasteiger partial charge in [0.05, 0.1) is 11.2 Å². The number of hydrogen-bond donors (Lipinski definition) is 3. The van der Waals surface area contributed by atoms with E-state index in [4.69, 9.17) is 10.2 Å². The Bertz CT molecular complexity index is 1010. The summed E-state index contributed by atoms with van der Waals surface area (Å²) in [5, 5.41) is 16.3. The summed E-state index contributed by atoms with van der Waals surface area (Å²) in [5.41, 5.74) is 6.71.